The number of hydrogen-bond donors (Lipinski definition) is 2. The normalized spacial score (nSPS) is 10.1. The van der Waals surface area contributed by atoms with E-state index < -0.39 is 0 Å². The number of aromatic amines is 1. The van der Waals surface area contributed by atoms with E-state index in [1.54, 1.807) is 18.6 Å². The summed E-state index contributed by atoms with van der Waals surface area (Å²) in [6, 6.07) is 3.68. The molecule has 1 amide bonds. The van der Waals surface area contributed by atoms with Gasteiger partial charge in [0.1, 0.15) is 5.82 Å². The molecular formula is C11H12N4O. The average molecular weight is 216 g/mol. The Bertz CT molecular complexity index is 478. The fourth-order valence-corrected chi connectivity index (χ4v) is 1.34. The Labute approximate surface area is 92.9 Å². The van der Waals surface area contributed by atoms with Crippen LogP contribution in [-0.2, 0) is 11.2 Å². The topological polar surface area (TPSA) is 70.7 Å². The maximum absolute atomic E-state index is 11.6. The SMILES string of the molecule is Cc1cn[nH]c1NC(=O)Cc1cccnc1. The van der Waals surface area contributed by atoms with Gasteiger partial charge in [0.15, 0.2) is 0 Å². The van der Waals surface area contributed by atoms with Gasteiger partial charge in [0.05, 0.1) is 12.6 Å². The van der Waals surface area contributed by atoms with Gasteiger partial charge >= 0.3 is 0 Å². The summed E-state index contributed by atoms with van der Waals surface area (Å²) in [5.41, 5.74) is 1.80. The van der Waals surface area contributed by atoms with E-state index >= 15 is 0 Å². The van der Waals surface area contributed by atoms with Crippen LogP contribution in [0.1, 0.15) is 11.1 Å². The van der Waals surface area contributed by atoms with E-state index in [-0.39, 0.29) is 5.91 Å². The van der Waals surface area contributed by atoms with Crippen LogP contribution in [0.15, 0.2) is 30.7 Å². The van der Waals surface area contributed by atoms with Gasteiger partial charge in [-0.25, -0.2) is 0 Å². The maximum Gasteiger partial charge on any atom is 0.229 e. The van der Waals surface area contributed by atoms with Crippen molar-refractivity contribution in [3.8, 4) is 0 Å². The fraction of sp³-hybridized carbons (Fsp3) is 0.182. The number of pyridine rings is 1. The first-order valence-corrected chi connectivity index (χ1v) is 4.94. The Morgan fingerprint density at radius 3 is 3.00 bits per heavy atom. The standard InChI is InChI=1S/C11H12N4O/c1-8-6-13-15-11(8)14-10(16)5-9-3-2-4-12-7-9/h2-4,6-7H,5H2,1H3,(H2,13,14,15,16). The molecule has 0 aliphatic heterocycles. The highest BCUT2D eigenvalue weighted by Crippen LogP contribution is 2.09. The zero-order chi connectivity index (χ0) is 11.4. The number of H-pyrrole nitrogens is 1. The number of aryl methyl sites for hydroxylation is 1. The van der Waals surface area contributed by atoms with Crippen molar-refractivity contribution < 1.29 is 4.79 Å². The van der Waals surface area contributed by atoms with Gasteiger partial charge in [0.2, 0.25) is 5.91 Å². The van der Waals surface area contributed by atoms with Crippen LogP contribution in [0.25, 0.3) is 0 Å². The summed E-state index contributed by atoms with van der Waals surface area (Å²) in [6.07, 6.45) is 5.34. The molecule has 0 saturated carbocycles. The van der Waals surface area contributed by atoms with Gasteiger partial charge in [-0.15, -0.1) is 0 Å². The molecule has 5 heteroatoms. The van der Waals surface area contributed by atoms with Crippen molar-refractivity contribution in [2.45, 2.75) is 13.3 Å². The highest BCUT2D eigenvalue weighted by molar-refractivity contribution is 5.91. The lowest BCUT2D eigenvalue weighted by Crippen LogP contribution is -2.15. The second kappa shape index (κ2) is 4.57. The lowest BCUT2D eigenvalue weighted by atomic mass is 10.2. The highest BCUT2D eigenvalue weighted by Gasteiger charge is 2.06. The third-order valence-electron chi connectivity index (χ3n) is 2.18. The monoisotopic (exact) mass is 216 g/mol. The predicted molar refractivity (Wildman–Crippen MR) is 59.9 cm³/mol. The minimum absolute atomic E-state index is 0.0830. The molecule has 0 aliphatic carbocycles. The third-order valence-corrected chi connectivity index (χ3v) is 2.18. The van der Waals surface area contributed by atoms with E-state index in [0.29, 0.717) is 12.2 Å². The number of amides is 1. The van der Waals surface area contributed by atoms with Gasteiger partial charge in [-0.1, -0.05) is 6.07 Å². The Morgan fingerprint density at radius 2 is 2.38 bits per heavy atom. The van der Waals surface area contributed by atoms with Crippen molar-refractivity contribution in [3.05, 3.63) is 41.9 Å². The molecule has 2 N–H and O–H groups in total. The Morgan fingerprint density at radius 1 is 1.50 bits per heavy atom. The van der Waals surface area contributed by atoms with Crippen molar-refractivity contribution in [2.24, 2.45) is 0 Å². The van der Waals surface area contributed by atoms with Crippen LogP contribution in [0.2, 0.25) is 0 Å². The summed E-state index contributed by atoms with van der Waals surface area (Å²) in [5, 5.41) is 9.31. The first kappa shape index (κ1) is 10.4. The van der Waals surface area contributed by atoms with E-state index in [1.165, 1.54) is 0 Å². The molecule has 5 nitrogen and oxygen atoms in total. The number of hydrogen-bond acceptors (Lipinski definition) is 3. The van der Waals surface area contributed by atoms with Crippen molar-refractivity contribution in [1.82, 2.24) is 15.2 Å². The molecule has 16 heavy (non-hydrogen) atoms. The Balaban J connectivity index is 1.98. The molecule has 0 spiro atoms. The molecule has 0 atom stereocenters. The molecule has 0 saturated heterocycles. The zero-order valence-electron chi connectivity index (χ0n) is 8.90. The Kier molecular flexibility index (Phi) is 2.95. The van der Waals surface area contributed by atoms with E-state index in [2.05, 4.69) is 20.5 Å². The summed E-state index contributed by atoms with van der Waals surface area (Å²) in [6.45, 7) is 1.88. The predicted octanol–water partition coefficient (Wildman–Crippen LogP) is 1.29. The molecule has 0 aliphatic rings. The largest absolute Gasteiger partial charge is 0.311 e. The summed E-state index contributed by atoms with van der Waals surface area (Å²) < 4.78 is 0. The van der Waals surface area contributed by atoms with Crippen molar-refractivity contribution in [3.63, 3.8) is 0 Å². The van der Waals surface area contributed by atoms with Crippen molar-refractivity contribution in [1.29, 1.82) is 0 Å². The van der Waals surface area contributed by atoms with E-state index in [0.717, 1.165) is 11.1 Å². The number of carbonyl (C=O) groups excluding carboxylic acids is 1. The van der Waals surface area contributed by atoms with Gasteiger partial charge in [-0.05, 0) is 18.6 Å². The minimum Gasteiger partial charge on any atom is -0.311 e. The van der Waals surface area contributed by atoms with Gasteiger partial charge in [0, 0.05) is 18.0 Å². The zero-order valence-corrected chi connectivity index (χ0v) is 8.90. The first-order chi connectivity index (χ1) is 7.75. The van der Waals surface area contributed by atoms with Crippen LogP contribution >= 0.6 is 0 Å². The number of nitrogens with zero attached hydrogens (tertiary/aromatic N) is 2. The number of nitrogens with one attached hydrogen (secondary N) is 2. The molecular weight excluding hydrogens is 204 g/mol. The van der Waals surface area contributed by atoms with E-state index in [9.17, 15) is 4.79 Å². The smallest absolute Gasteiger partial charge is 0.229 e. The number of anilines is 1. The fourth-order valence-electron chi connectivity index (χ4n) is 1.34. The second-order valence-electron chi connectivity index (χ2n) is 3.51. The van der Waals surface area contributed by atoms with Gasteiger partial charge in [-0.2, -0.15) is 5.10 Å². The summed E-state index contributed by atoms with van der Waals surface area (Å²) in [5.74, 6) is 0.564. The van der Waals surface area contributed by atoms with Crippen LogP contribution in [0.4, 0.5) is 5.82 Å². The lowest BCUT2D eigenvalue weighted by molar-refractivity contribution is -0.115. The van der Waals surface area contributed by atoms with Crippen molar-refractivity contribution in [2.75, 3.05) is 5.32 Å². The molecule has 0 aromatic carbocycles. The first-order valence-electron chi connectivity index (χ1n) is 4.94. The quantitative estimate of drug-likeness (QED) is 0.812. The van der Waals surface area contributed by atoms with Crippen LogP contribution in [-0.4, -0.2) is 21.1 Å². The maximum atomic E-state index is 11.6. The molecule has 2 rings (SSSR count). The molecule has 0 fully saturated rings. The summed E-state index contributed by atoms with van der Waals surface area (Å²) in [7, 11) is 0. The van der Waals surface area contributed by atoms with Crippen LogP contribution in [0.3, 0.4) is 0 Å². The molecule has 0 unspecified atom stereocenters. The highest BCUT2D eigenvalue weighted by atomic mass is 16.1. The minimum atomic E-state index is -0.0830. The number of carbonyl (C=O) groups is 1. The van der Waals surface area contributed by atoms with Gasteiger partial charge in [-0.3, -0.25) is 14.9 Å². The molecule has 2 heterocycles. The molecule has 2 aromatic heterocycles. The van der Waals surface area contributed by atoms with Crippen LogP contribution in [0, 0.1) is 6.92 Å². The van der Waals surface area contributed by atoms with Crippen LogP contribution in [0.5, 0.6) is 0 Å². The molecule has 2 aromatic rings. The average Bonchev–Trinajstić information content (AvgIpc) is 2.66. The Hall–Kier alpha value is -2.17. The number of aromatic nitrogens is 3. The van der Waals surface area contributed by atoms with E-state index in [1.807, 2.05) is 19.1 Å². The number of rotatable bonds is 3. The second-order valence-corrected chi connectivity index (χ2v) is 3.51. The molecule has 0 bridgehead atoms. The third kappa shape index (κ3) is 2.44. The summed E-state index contributed by atoms with van der Waals surface area (Å²) >= 11 is 0. The molecule has 82 valence electrons. The van der Waals surface area contributed by atoms with Crippen molar-refractivity contribution >= 4 is 11.7 Å². The summed E-state index contributed by atoms with van der Waals surface area (Å²) in [4.78, 5) is 15.6. The molecule has 0 radical (unpaired) electrons. The lowest BCUT2D eigenvalue weighted by Gasteiger charge is -2.03. The van der Waals surface area contributed by atoms with Gasteiger partial charge < -0.3 is 5.32 Å². The van der Waals surface area contributed by atoms with Crippen LogP contribution < -0.4 is 5.32 Å². The van der Waals surface area contributed by atoms with Gasteiger partial charge in [0.25, 0.3) is 0 Å². The van der Waals surface area contributed by atoms with E-state index in [4.69, 9.17) is 0 Å².